The second-order valence-electron chi connectivity index (χ2n) is 7.60. The number of amides is 3. The molecule has 3 aromatic carbocycles. The van der Waals surface area contributed by atoms with Crippen LogP contribution in [0.25, 0.3) is 0 Å². The van der Waals surface area contributed by atoms with Crippen molar-refractivity contribution in [1.29, 1.82) is 0 Å². The Hall–Kier alpha value is -4.86. The van der Waals surface area contributed by atoms with Gasteiger partial charge in [0.25, 0.3) is 5.91 Å². The lowest BCUT2D eigenvalue weighted by Gasteiger charge is -2.08. The molecule has 10 heteroatoms. The third-order valence-corrected chi connectivity index (χ3v) is 4.78. The van der Waals surface area contributed by atoms with E-state index >= 15 is 0 Å². The monoisotopic (exact) mass is 472 g/mol. The summed E-state index contributed by atoms with van der Waals surface area (Å²) in [6.45, 7) is 0.879. The lowest BCUT2D eigenvalue weighted by molar-refractivity contribution is 0.0951. The van der Waals surface area contributed by atoms with Crippen LogP contribution < -0.4 is 33.2 Å². The molecule has 0 heterocycles. The van der Waals surface area contributed by atoms with E-state index < -0.39 is 6.03 Å². The van der Waals surface area contributed by atoms with Gasteiger partial charge in [0, 0.05) is 17.8 Å². The number of rotatable bonds is 7. The van der Waals surface area contributed by atoms with Gasteiger partial charge in [-0.1, -0.05) is 54.6 Å². The van der Waals surface area contributed by atoms with Crippen LogP contribution in [0.2, 0.25) is 0 Å². The fraction of sp³-hybridized carbons (Fsp3) is 0.120. The number of aliphatic imine (C=N–C) groups is 2. The molecule has 0 atom stereocenters. The van der Waals surface area contributed by atoms with Crippen molar-refractivity contribution in [3.8, 4) is 0 Å². The number of anilines is 1. The molecular weight excluding hydrogens is 444 g/mol. The SMILES string of the molecule is NC(=NCc1cccc(N)c1)NC(=O)NC(N)=NCc1cccc(CNC(=O)c2ccccc2)c1. The zero-order valence-corrected chi connectivity index (χ0v) is 19.1. The normalized spacial score (nSPS) is 11.5. The van der Waals surface area contributed by atoms with Crippen molar-refractivity contribution >= 4 is 29.5 Å². The van der Waals surface area contributed by atoms with Crippen LogP contribution in [0, 0.1) is 0 Å². The molecule has 0 aliphatic heterocycles. The summed E-state index contributed by atoms with van der Waals surface area (Å²) in [5.41, 5.74) is 21.1. The Morgan fingerprint density at radius 3 is 1.91 bits per heavy atom. The number of hydrogen-bond donors (Lipinski definition) is 6. The van der Waals surface area contributed by atoms with Crippen LogP contribution in [0.15, 0.2) is 88.8 Å². The van der Waals surface area contributed by atoms with E-state index in [1.165, 1.54) is 0 Å². The second kappa shape index (κ2) is 12.4. The molecule has 3 aromatic rings. The molecule has 0 aliphatic carbocycles. The minimum atomic E-state index is -0.655. The topological polar surface area (TPSA) is 173 Å². The highest BCUT2D eigenvalue weighted by atomic mass is 16.2. The first-order valence-corrected chi connectivity index (χ1v) is 10.8. The van der Waals surface area contributed by atoms with E-state index in [1.54, 1.807) is 24.3 Å². The molecule has 3 rings (SSSR count). The first kappa shape index (κ1) is 24.8. The van der Waals surface area contributed by atoms with Crippen LogP contribution in [0.5, 0.6) is 0 Å². The third-order valence-electron chi connectivity index (χ3n) is 4.78. The van der Waals surface area contributed by atoms with Crippen molar-refractivity contribution in [2.24, 2.45) is 21.5 Å². The van der Waals surface area contributed by atoms with E-state index in [2.05, 4.69) is 25.9 Å². The Morgan fingerprint density at radius 1 is 0.714 bits per heavy atom. The largest absolute Gasteiger partial charge is 0.399 e. The van der Waals surface area contributed by atoms with Gasteiger partial charge in [0.1, 0.15) is 0 Å². The number of nitrogen functional groups attached to an aromatic ring is 1. The Labute approximate surface area is 203 Å². The quantitative estimate of drug-likeness (QED) is 0.174. The third kappa shape index (κ3) is 8.54. The van der Waals surface area contributed by atoms with Crippen molar-refractivity contribution in [2.45, 2.75) is 19.6 Å². The summed E-state index contributed by atoms with van der Waals surface area (Å²) in [6, 6.07) is 23.1. The summed E-state index contributed by atoms with van der Waals surface area (Å²) in [5, 5.41) is 7.67. The number of benzene rings is 3. The average Bonchev–Trinajstić information content (AvgIpc) is 2.85. The first-order chi connectivity index (χ1) is 16.9. The molecule has 0 spiro atoms. The molecule has 0 fully saturated rings. The highest BCUT2D eigenvalue weighted by molar-refractivity contribution is 6.03. The van der Waals surface area contributed by atoms with E-state index in [1.807, 2.05) is 54.6 Å². The minimum absolute atomic E-state index is 0.0667. The number of guanidine groups is 2. The van der Waals surface area contributed by atoms with Gasteiger partial charge in [-0.2, -0.15) is 0 Å². The molecule has 0 aliphatic rings. The maximum absolute atomic E-state index is 12.2. The van der Waals surface area contributed by atoms with Gasteiger partial charge in [0.15, 0.2) is 11.9 Å². The predicted octanol–water partition coefficient (Wildman–Crippen LogP) is 1.83. The first-order valence-electron chi connectivity index (χ1n) is 10.8. The fourth-order valence-corrected chi connectivity index (χ4v) is 3.10. The smallest absolute Gasteiger partial charge is 0.328 e. The van der Waals surface area contributed by atoms with Crippen molar-refractivity contribution < 1.29 is 9.59 Å². The number of nitrogens with two attached hydrogens (primary N) is 3. The highest BCUT2D eigenvalue weighted by Crippen LogP contribution is 2.08. The minimum Gasteiger partial charge on any atom is -0.399 e. The number of nitrogens with one attached hydrogen (secondary N) is 3. The summed E-state index contributed by atoms with van der Waals surface area (Å²) in [6.07, 6.45) is 0. The summed E-state index contributed by atoms with van der Waals surface area (Å²) >= 11 is 0. The lowest BCUT2D eigenvalue weighted by atomic mass is 10.1. The van der Waals surface area contributed by atoms with Crippen LogP contribution in [-0.2, 0) is 19.6 Å². The fourth-order valence-electron chi connectivity index (χ4n) is 3.10. The molecular formula is C25H28N8O2. The molecule has 10 nitrogen and oxygen atoms in total. The Bertz CT molecular complexity index is 1220. The van der Waals surface area contributed by atoms with E-state index in [-0.39, 0.29) is 30.9 Å². The second-order valence-corrected chi connectivity index (χ2v) is 7.60. The van der Waals surface area contributed by atoms with Crippen LogP contribution in [0.3, 0.4) is 0 Å². The van der Waals surface area contributed by atoms with Crippen LogP contribution in [0.4, 0.5) is 10.5 Å². The van der Waals surface area contributed by atoms with E-state index in [9.17, 15) is 9.59 Å². The Balaban J connectivity index is 1.46. The molecule has 9 N–H and O–H groups in total. The predicted molar refractivity (Wildman–Crippen MR) is 137 cm³/mol. The molecule has 0 saturated heterocycles. The maximum atomic E-state index is 12.2. The van der Waals surface area contributed by atoms with Gasteiger partial charge in [0.05, 0.1) is 13.1 Å². The van der Waals surface area contributed by atoms with Crippen molar-refractivity contribution in [3.63, 3.8) is 0 Å². The lowest BCUT2D eigenvalue weighted by Crippen LogP contribution is -2.48. The average molecular weight is 473 g/mol. The zero-order valence-electron chi connectivity index (χ0n) is 19.1. The molecule has 35 heavy (non-hydrogen) atoms. The zero-order chi connectivity index (χ0) is 25.0. The number of hydrogen-bond acceptors (Lipinski definition) is 5. The molecule has 0 radical (unpaired) electrons. The summed E-state index contributed by atoms with van der Waals surface area (Å²) in [7, 11) is 0. The van der Waals surface area contributed by atoms with E-state index in [0.29, 0.717) is 17.8 Å². The van der Waals surface area contributed by atoms with Crippen molar-refractivity contribution in [2.75, 3.05) is 5.73 Å². The van der Waals surface area contributed by atoms with Crippen molar-refractivity contribution in [1.82, 2.24) is 16.0 Å². The van der Waals surface area contributed by atoms with Crippen LogP contribution >= 0.6 is 0 Å². The molecule has 3 amide bonds. The maximum Gasteiger partial charge on any atom is 0.328 e. The van der Waals surface area contributed by atoms with Gasteiger partial charge in [-0.25, -0.2) is 14.8 Å². The molecule has 0 bridgehead atoms. The van der Waals surface area contributed by atoms with Gasteiger partial charge in [-0.15, -0.1) is 0 Å². The number of carbonyl (C=O) groups excluding carboxylic acids is 2. The van der Waals surface area contributed by atoms with Gasteiger partial charge < -0.3 is 22.5 Å². The van der Waals surface area contributed by atoms with E-state index in [0.717, 1.165) is 16.7 Å². The molecule has 0 unspecified atom stereocenters. The Kier molecular flexibility index (Phi) is 8.78. The van der Waals surface area contributed by atoms with E-state index in [4.69, 9.17) is 17.2 Å². The number of nitrogens with zero attached hydrogens (tertiary/aromatic N) is 2. The molecule has 0 aromatic heterocycles. The van der Waals surface area contributed by atoms with Gasteiger partial charge in [-0.05, 0) is 41.0 Å². The number of carbonyl (C=O) groups is 2. The summed E-state index contributed by atoms with van der Waals surface area (Å²) < 4.78 is 0. The highest BCUT2D eigenvalue weighted by Gasteiger charge is 2.06. The van der Waals surface area contributed by atoms with Crippen LogP contribution in [0.1, 0.15) is 27.0 Å². The van der Waals surface area contributed by atoms with Gasteiger partial charge >= 0.3 is 6.03 Å². The standard InChI is InChI=1S/C25H28N8O2/c26-21-11-5-8-19(13-21)16-31-24(28)33-25(35)32-23(27)30-15-18-7-4-6-17(12-18)14-29-22(34)20-9-2-1-3-10-20/h1-13H,14-16,26H2,(H,29,34)(H6,27,28,30,31,32,33,35). The van der Waals surface area contributed by atoms with Gasteiger partial charge in [0.2, 0.25) is 0 Å². The molecule has 0 saturated carbocycles. The Morgan fingerprint density at radius 2 is 1.29 bits per heavy atom. The molecule has 180 valence electrons. The van der Waals surface area contributed by atoms with Crippen LogP contribution in [-0.4, -0.2) is 23.9 Å². The summed E-state index contributed by atoms with van der Waals surface area (Å²) in [5.74, 6) is -0.291. The number of urea groups is 1. The summed E-state index contributed by atoms with van der Waals surface area (Å²) in [4.78, 5) is 32.5. The van der Waals surface area contributed by atoms with Crippen molar-refractivity contribution in [3.05, 3.63) is 101 Å². The van der Waals surface area contributed by atoms with Gasteiger partial charge in [-0.3, -0.25) is 15.4 Å².